The van der Waals surface area contributed by atoms with Crippen molar-refractivity contribution in [3.05, 3.63) is 12.2 Å². The molecule has 0 spiro atoms. The number of rotatable bonds is 40. The Morgan fingerprint density at radius 3 is 0.935 bits per heavy atom. The quantitative estimate of drug-likeness (QED) is 0.0376. The average Bonchev–Trinajstić information content (AvgIpc) is 3.06. The summed E-state index contributed by atoms with van der Waals surface area (Å²) < 4.78 is 5.47. The van der Waals surface area contributed by atoms with Gasteiger partial charge in [-0.25, -0.2) is 0 Å². The molecule has 0 amide bonds. The number of ether oxygens (including phenoxy) is 1. The minimum Gasteiger partial charge on any atom is -0.466 e. The third kappa shape index (κ3) is 41.2. The van der Waals surface area contributed by atoms with Crippen molar-refractivity contribution in [2.45, 2.75) is 258 Å². The Morgan fingerprint density at radius 2 is 0.609 bits per heavy atom. The first-order valence-electron chi connectivity index (χ1n) is 21.6. The third-order valence-corrected chi connectivity index (χ3v) is 9.90. The fraction of sp³-hybridized carbons (Fsp3) is 0.932. The first-order valence-corrected chi connectivity index (χ1v) is 21.6. The number of hydrogen-bond donors (Lipinski definition) is 0. The molecular weight excluding hydrogens is 560 g/mol. The van der Waals surface area contributed by atoms with Gasteiger partial charge in [0.05, 0.1) is 6.61 Å². The standard InChI is InChI=1S/C44H86O2/c1-3-5-7-9-11-13-15-17-19-21-23-24-25-26-28-30-32-34-36-38-40-42-44(45)46-43-41-39-37-35-33-31-29-27-22-20-18-16-14-12-10-8-6-4-2/h17,19H,3-16,18,20-43H2,1-2H3. The smallest absolute Gasteiger partial charge is 0.305 e. The Hall–Kier alpha value is -0.790. The van der Waals surface area contributed by atoms with Gasteiger partial charge in [0.2, 0.25) is 0 Å². The highest BCUT2D eigenvalue weighted by molar-refractivity contribution is 5.69. The molecule has 46 heavy (non-hydrogen) atoms. The van der Waals surface area contributed by atoms with Crippen molar-refractivity contribution in [3.63, 3.8) is 0 Å². The molecule has 0 radical (unpaired) electrons. The highest BCUT2D eigenvalue weighted by atomic mass is 16.5. The summed E-state index contributed by atoms with van der Waals surface area (Å²) in [6, 6.07) is 0. The van der Waals surface area contributed by atoms with Crippen LogP contribution in [-0.4, -0.2) is 12.6 Å². The highest BCUT2D eigenvalue weighted by Gasteiger charge is 2.03. The second kappa shape index (κ2) is 42.2. The van der Waals surface area contributed by atoms with Crippen molar-refractivity contribution in [3.8, 4) is 0 Å². The molecule has 0 fully saturated rings. The first-order chi connectivity index (χ1) is 22.8. The molecule has 0 aliphatic heterocycles. The van der Waals surface area contributed by atoms with Crippen LogP contribution in [0.4, 0.5) is 0 Å². The van der Waals surface area contributed by atoms with Crippen LogP contribution in [0.1, 0.15) is 258 Å². The van der Waals surface area contributed by atoms with Gasteiger partial charge in [-0.15, -0.1) is 0 Å². The van der Waals surface area contributed by atoms with Crippen LogP contribution in [0.15, 0.2) is 12.2 Å². The van der Waals surface area contributed by atoms with Gasteiger partial charge in [-0.05, 0) is 38.5 Å². The third-order valence-electron chi connectivity index (χ3n) is 9.90. The molecule has 0 aromatic rings. The molecule has 0 saturated heterocycles. The van der Waals surface area contributed by atoms with E-state index in [1.54, 1.807) is 0 Å². The Kier molecular flexibility index (Phi) is 41.5. The van der Waals surface area contributed by atoms with Gasteiger partial charge in [0.15, 0.2) is 0 Å². The normalized spacial score (nSPS) is 11.6. The Balaban J connectivity index is 3.17. The number of carbonyl (C=O) groups is 1. The topological polar surface area (TPSA) is 26.3 Å². The minimum absolute atomic E-state index is 0.0280. The van der Waals surface area contributed by atoms with E-state index in [1.807, 2.05) is 0 Å². The number of unbranched alkanes of at least 4 members (excludes halogenated alkanes) is 34. The van der Waals surface area contributed by atoms with Crippen LogP contribution in [0.2, 0.25) is 0 Å². The van der Waals surface area contributed by atoms with Crippen LogP contribution in [0.5, 0.6) is 0 Å². The summed E-state index contributed by atoms with van der Waals surface area (Å²) >= 11 is 0. The van der Waals surface area contributed by atoms with Crippen LogP contribution < -0.4 is 0 Å². The lowest BCUT2D eigenvalue weighted by atomic mass is 10.0. The summed E-state index contributed by atoms with van der Waals surface area (Å²) in [6.07, 6.45) is 55.9. The maximum atomic E-state index is 12.0. The van der Waals surface area contributed by atoms with Gasteiger partial charge in [0.25, 0.3) is 0 Å². The summed E-state index contributed by atoms with van der Waals surface area (Å²) in [7, 11) is 0. The van der Waals surface area contributed by atoms with Gasteiger partial charge in [-0.2, -0.15) is 0 Å². The largest absolute Gasteiger partial charge is 0.466 e. The minimum atomic E-state index is 0.0280. The van der Waals surface area contributed by atoms with Crippen molar-refractivity contribution < 1.29 is 9.53 Å². The van der Waals surface area contributed by atoms with Gasteiger partial charge < -0.3 is 4.74 Å². The second-order valence-corrected chi connectivity index (χ2v) is 14.7. The van der Waals surface area contributed by atoms with E-state index in [2.05, 4.69) is 26.0 Å². The number of hydrogen-bond acceptors (Lipinski definition) is 2. The molecule has 0 N–H and O–H groups in total. The van der Waals surface area contributed by atoms with Gasteiger partial charge in [0, 0.05) is 6.42 Å². The fourth-order valence-electron chi connectivity index (χ4n) is 6.66. The molecule has 0 unspecified atom stereocenters. The van der Waals surface area contributed by atoms with Crippen LogP contribution in [-0.2, 0) is 9.53 Å². The van der Waals surface area contributed by atoms with Gasteiger partial charge >= 0.3 is 5.97 Å². The van der Waals surface area contributed by atoms with Gasteiger partial charge in [0.1, 0.15) is 0 Å². The Labute approximate surface area is 291 Å². The van der Waals surface area contributed by atoms with E-state index < -0.39 is 0 Å². The average molecular weight is 647 g/mol. The lowest BCUT2D eigenvalue weighted by Crippen LogP contribution is -2.05. The number of allylic oxidation sites excluding steroid dienone is 2. The predicted octanol–water partition coefficient (Wildman–Crippen LogP) is 15.9. The summed E-state index contributed by atoms with van der Waals surface area (Å²) in [4.78, 5) is 12.0. The van der Waals surface area contributed by atoms with Crippen LogP contribution in [0.3, 0.4) is 0 Å². The summed E-state index contributed by atoms with van der Waals surface area (Å²) in [5, 5.41) is 0. The van der Waals surface area contributed by atoms with E-state index in [4.69, 9.17) is 4.74 Å². The van der Waals surface area contributed by atoms with E-state index in [0.717, 1.165) is 12.8 Å². The highest BCUT2D eigenvalue weighted by Crippen LogP contribution is 2.16. The molecule has 0 atom stereocenters. The van der Waals surface area contributed by atoms with E-state index >= 15 is 0 Å². The zero-order chi connectivity index (χ0) is 33.3. The van der Waals surface area contributed by atoms with Crippen molar-refractivity contribution in [2.24, 2.45) is 0 Å². The lowest BCUT2D eigenvalue weighted by molar-refractivity contribution is -0.143. The molecule has 0 bridgehead atoms. The molecule has 2 nitrogen and oxygen atoms in total. The zero-order valence-electron chi connectivity index (χ0n) is 32.0. The Bertz CT molecular complexity index is 582. The molecule has 0 aromatic carbocycles. The zero-order valence-corrected chi connectivity index (χ0v) is 32.0. The van der Waals surface area contributed by atoms with Crippen LogP contribution in [0, 0.1) is 0 Å². The molecule has 274 valence electrons. The van der Waals surface area contributed by atoms with Crippen molar-refractivity contribution >= 4 is 5.97 Å². The van der Waals surface area contributed by atoms with E-state index in [1.165, 1.54) is 225 Å². The van der Waals surface area contributed by atoms with Crippen molar-refractivity contribution in [1.29, 1.82) is 0 Å². The predicted molar refractivity (Wildman–Crippen MR) is 207 cm³/mol. The first kappa shape index (κ1) is 45.2. The van der Waals surface area contributed by atoms with Crippen LogP contribution in [0.25, 0.3) is 0 Å². The van der Waals surface area contributed by atoms with E-state index in [9.17, 15) is 4.79 Å². The van der Waals surface area contributed by atoms with Crippen LogP contribution >= 0.6 is 0 Å². The maximum Gasteiger partial charge on any atom is 0.305 e. The molecule has 0 saturated carbocycles. The number of carbonyl (C=O) groups excluding carboxylic acids is 1. The molecule has 0 aromatic heterocycles. The molecule has 0 rings (SSSR count). The summed E-state index contributed by atoms with van der Waals surface area (Å²) in [6.45, 7) is 5.22. The molecule has 0 aliphatic carbocycles. The summed E-state index contributed by atoms with van der Waals surface area (Å²) in [5.41, 5.74) is 0. The molecular formula is C44H86O2. The van der Waals surface area contributed by atoms with Gasteiger partial charge in [-0.3, -0.25) is 4.79 Å². The SMILES string of the molecule is CCCCCCCCC=CCCCCCCCCCCCCCC(=O)OCCCCCCCCCCCCCCCCCCCC. The summed E-state index contributed by atoms with van der Waals surface area (Å²) in [5.74, 6) is 0.0280. The fourth-order valence-corrected chi connectivity index (χ4v) is 6.66. The van der Waals surface area contributed by atoms with E-state index in [-0.39, 0.29) is 5.97 Å². The van der Waals surface area contributed by atoms with Gasteiger partial charge in [-0.1, -0.05) is 225 Å². The maximum absolute atomic E-state index is 12.0. The molecule has 0 heterocycles. The Morgan fingerprint density at radius 1 is 0.348 bits per heavy atom. The monoisotopic (exact) mass is 647 g/mol. The van der Waals surface area contributed by atoms with Crippen molar-refractivity contribution in [2.75, 3.05) is 6.61 Å². The van der Waals surface area contributed by atoms with E-state index in [0.29, 0.717) is 13.0 Å². The molecule has 0 aliphatic rings. The van der Waals surface area contributed by atoms with Crippen molar-refractivity contribution in [1.82, 2.24) is 0 Å². The lowest BCUT2D eigenvalue weighted by Gasteiger charge is -2.06. The molecule has 2 heteroatoms. The number of esters is 1. The second-order valence-electron chi connectivity index (χ2n) is 14.7.